The minimum Gasteiger partial charge on any atom is -0.497 e. The largest absolute Gasteiger partial charge is 0.497 e. The van der Waals surface area contributed by atoms with Crippen molar-refractivity contribution in [1.29, 1.82) is 0 Å². The molecule has 0 saturated carbocycles. The fourth-order valence-corrected chi connectivity index (χ4v) is 6.86. The van der Waals surface area contributed by atoms with E-state index in [9.17, 15) is 25.2 Å². The molecule has 0 spiro atoms. The third-order valence-electron chi connectivity index (χ3n) is 9.93. The highest BCUT2D eigenvalue weighted by atomic mass is 16.6. The van der Waals surface area contributed by atoms with Crippen molar-refractivity contribution in [3.05, 3.63) is 111 Å². The lowest BCUT2D eigenvalue weighted by Crippen LogP contribution is -2.38. The summed E-state index contributed by atoms with van der Waals surface area (Å²) >= 11 is 0. The zero-order chi connectivity index (χ0) is 38.7. The molecule has 292 valence electrons. The van der Waals surface area contributed by atoms with Gasteiger partial charge in [0.1, 0.15) is 17.7 Å². The van der Waals surface area contributed by atoms with Crippen molar-refractivity contribution in [1.82, 2.24) is 5.32 Å². The lowest BCUT2D eigenvalue weighted by atomic mass is 9.93. The molecule has 0 saturated heterocycles. The number of nitrogens with zero attached hydrogens (tertiary/aromatic N) is 1. The number of aliphatic hydroxyl groups is 4. The summed E-state index contributed by atoms with van der Waals surface area (Å²) in [5, 5.41) is 50.0. The summed E-state index contributed by atoms with van der Waals surface area (Å²) in [4.78, 5) is 18.5. The second-order valence-corrected chi connectivity index (χ2v) is 13.4. The van der Waals surface area contributed by atoms with Crippen molar-refractivity contribution in [3.8, 4) is 23.0 Å². The maximum atomic E-state index is 12.8. The molecule has 0 bridgehead atoms. The van der Waals surface area contributed by atoms with Crippen LogP contribution in [0.2, 0.25) is 0 Å². The Balaban J connectivity index is 0.925. The van der Waals surface area contributed by atoms with Crippen LogP contribution in [-0.2, 0) is 31.3 Å². The standard InChI is InChI=1S/C42H49N3O10/c1-51-32-10-11-35-33(20-32)42(50)44-41(43-35)27-9-12-37(31(16-27)24-48)53-14-6-4-3-5-7-15-54-40-19-26(8-13-38(40)52-2)36-21-39(55-45-36)28-17-29(22-46)34(25-49)30(18-28)23-47/h8-13,16-20,39,41,43,46-49H,3-7,14-15,21-25H2,1-2H3,(H,44,50). The number of unbranched alkanes of at least 4 members (excludes halogenated alkanes) is 4. The second-order valence-electron chi connectivity index (χ2n) is 13.4. The van der Waals surface area contributed by atoms with Gasteiger partial charge in [-0.05, 0) is 101 Å². The third-order valence-corrected chi connectivity index (χ3v) is 9.93. The van der Waals surface area contributed by atoms with Crippen LogP contribution in [0.15, 0.2) is 71.9 Å². The van der Waals surface area contributed by atoms with Gasteiger partial charge in [-0.2, -0.15) is 0 Å². The SMILES string of the molecule is COc1ccc2c(c1)C(=O)NC(c1ccc(OCCCCCCCOc3cc(C4=NOC(c5cc(CO)c(CO)c(CO)c5)C4)ccc3OC)c(CO)c1)N2. The van der Waals surface area contributed by atoms with E-state index in [1.807, 2.05) is 42.5 Å². The number of nitrogens with one attached hydrogen (secondary N) is 2. The van der Waals surface area contributed by atoms with Gasteiger partial charge in [-0.1, -0.05) is 30.5 Å². The molecular weight excluding hydrogens is 706 g/mol. The smallest absolute Gasteiger partial charge is 0.255 e. The van der Waals surface area contributed by atoms with Crippen molar-refractivity contribution in [3.63, 3.8) is 0 Å². The number of fused-ring (bicyclic) bond motifs is 1. The number of aliphatic hydroxyl groups excluding tert-OH is 4. The predicted molar refractivity (Wildman–Crippen MR) is 205 cm³/mol. The zero-order valence-electron chi connectivity index (χ0n) is 31.2. The van der Waals surface area contributed by atoms with Crippen LogP contribution in [0.4, 0.5) is 5.69 Å². The van der Waals surface area contributed by atoms with Gasteiger partial charge in [0, 0.05) is 23.2 Å². The molecule has 0 fully saturated rings. The molecule has 55 heavy (non-hydrogen) atoms. The zero-order valence-corrected chi connectivity index (χ0v) is 31.2. The van der Waals surface area contributed by atoms with Crippen LogP contribution in [0.1, 0.15) is 100 Å². The average Bonchev–Trinajstić information content (AvgIpc) is 3.73. The van der Waals surface area contributed by atoms with E-state index in [4.69, 9.17) is 23.8 Å². The molecule has 6 N–H and O–H groups in total. The molecule has 13 heteroatoms. The summed E-state index contributed by atoms with van der Waals surface area (Å²) in [6.45, 7) is 0.0628. The van der Waals surface area contributed by atoms with Crippen molar-refractivity contribution in [2.75, 3.05) is 32.8 Å². The fraction of sp³-hybridized carbons (Fsp3) is 0.381. The second kappa shape index (κ2) is 18.8. The van der Waals surface area contributed by atoms with E-state index in [2.05, 4.69) is 15.8 Å². The first-order valence-corrected chi connectivity index (χ1v) is 18.5. The fourth-order valence-electron chi connectivity index (χ4n) is 6.86. The number of carbonyl (C=O) groups excluding carboxylic acids is 1. The molecule has 0 aromatic heterocycles. The van der Waals surface area contributed by atoms with Crippen molar-refractivity contribution < 1.29 is 49.0 Å². The van der Waals surface area contributed by atoms with Gasteiger partial charge in [0.2, 0.25) is 0 Å². The van der Waals surface area contributed by atoms with Crippen LogP contribution >= 0.6 is 0 Å². The van der Waals surface area contributed by atoms with Gasteiger partial charge in [0.05, 0.1) is 65.1 Å². The molecule has 2 aliphatic heterocycles. The number of benzene rings is 4. The number of carbonyl (C=O) groups is 1. The summed E-state index contributed by atoms with van der Waals surface area (Å²) in [7, 11) is 3.16. The number of methoxy groups -OCH3 is 2. The average molecular weight is 756 g/mol. The molecule has 2 aliphatic rings. The van der Waals surface area contributed by atoms with E-state index in [0.717, 1.165) is 54.5 Å². The van der Waals surface area contributed by atoms with Gasteiger partial charge in [0.15, 0.2) is 17.6 Å². The Morgan fingerprint density at radius 1 is 0.691 bits per heavy atom. The maximum Gasteiger partial charge on any atom is 0.255 e. The Hall–Kier alpha value is -5.34. The Kier molecular flexibility index (Phi) is 13.5. The highest BCUT2D eigenvalue weighted by Crippen LogP contribution is 2.36. The maximum absolute atomic E-state index is 12.8. The molecule has 6 rings (SSSR count). The van der Waals surface area contributed by atoms with E-state index in [1.54, 1.807) is 38.5 Å². The quantitative estimate of drug-likeness (QED) is 0.0637. The lowest BCUT2D eigenvalue weighted by molar-refractivity contribution is 0.0853. The van der Waals surface area contributed by atoms with Crippen LogP contribution in [0.25, 0.3) is 0 Å². The number of ether oxygens (including phenoxy) is 4. The first kappa shape index (κ1) is 39.4. The van der Waals surface area contributed by atoms with E-state index in [0.29, 0.717) is 76.1 Å². The number of rotatable bonds is 19. The van der Waals surface area contributed by atoms with Crippen LogP contribution in [-0.4, -0.2) is 59.5 Å². The minimum atomic E-state index is -0.446. The summed E-state index contributed by atoms with van der Waals surface area (Å²) in [6, 6.07) is 20.1. The monoisotopic (exact) mass is 755 g/mol. The highest BCUT2D eigenvalue weighted by Gasteiger charge is 2.27. The number of amides is 1. The molecular formula is C42H49N3O10. The molecule has 0 radical (unpaired) electrons. The van der Waals surface area contributed by atoms with Crippen molar-refractivity contribution >= 4 is 17.3 Å². The molecule has 2 unspecified atom stereocenters. The van der Waals surface area contributed by atoms with E-state index < -0.39 is 12.3 Å². The van der Waals surface area contributed by atoms with Gasteiger partial charge in [-0.3, -0.25) is 4.79 Å². The Labute approximate surface area is 320 Å². The number of oxime groups is 1. The van der Waals surface area contributed by atoms with E-state index in [-0.39, 0.29) is 32.3 Å². The van der Waals surface area contributed by atoms with Crippen LogP contribution < -0.4 is 29.6 Å². The summed E-state index contributed by atoms with van der Waals surface area (Å²) in [6.07, 6.45) is 4.36. The van der Waals surface area contributed by atoms with Gasteiger partial charge in [-0.15, -0.1) is 0 Å². The number of hydrogen-bond donors (Lipinski definition) is 6. The Morgan fingerprint density at radius 2 is 1.36 bits per heavy atom. The molecule has 2 atom stereocenters. The van der Waals surface area contributed by atoms with Gasteiger partial charge < -0.3 is 54.8 Å². The van der Waals surface area contributed by atoms with Gasteiger partial charge >= 0.3 is 0 Å². The topological polar surface area (TPSA) is 181 Å². The molecule has 13 nitrogen and oxygen atoms in total. The van der Waals surface area contributed by atoms with E-state index in [1.165, 1.54) is 0 Å². The Bertz CT molecular complexity index is 1960. The summed E-state index contributed by atoms with van der Waals surface area (Å²) in [5.41, 5.74) is 6.67. The Morgan fingerprint density at radius 3 is 2.04 bits per heavy atom. The molecule has 1 amide bonds. The molecule has 2 heterocycles. The third kappa shape index (κ3) is 9.31. The number of hydrogen-bond acceptors (Lipinski definition) is 12. The summed E-state index contributed by atoms with van der Waals surface area (Å²) < 4.78 is 23.0. The lowest BCUT2D eigenvalue weighted by Gasteiger charge is -2.29. The molecule has 0 aliphatic carbocycles. The van der Waals surface area contributed by atoms with Gasteiger partial charge in [0.25, 0.3) is 5.91 Å². The predicted octanol–water partition coefficient (Wildman–Crippen LogP) is 5.80. The van der Waals surface area contributed by atoms with Gasteiger partial charge in [-0.25, -0.2) is 0 Å². The number of anilines is 1. The van der Waals surface area contributed by atoms with Crippen LogP contribution in [0, 0.1) is 0 Å². The normalized spacial score (nSPS) is 16.0. The first-order chi connectivity index (χ1) is 26.9. The first-order valence-electron chi connectivity index (χ1n) is 18.5. The van der Waals surface area contributed by atoms with Crippen LogP contribution in [0.5, 0.6) is 23.0 Å². The molecule has 4 aromatic carbocycles. The highest BCUT2D eigenvalue weighted by molar-refractivity contribution is 6.02. The van der Waals surface area contributed by atoms with E-state index >= 15 is 0 Å². The van der Waals surface area contributed by atoms with Crippen LogP contribution in [0.3, 0.4) is 0 Å². The van der Waals surface area contributed by atoms with Crippen molar-refractivity contribution in [2.24, 2.45) is 5.16 Å². The summed E-state index contributed by atoms with van der Waals surface area (Å²) in [5.74, 6) is 2.27. The minimum absolute atomic E-state index is 0.188. The molecule has 4 aromatic rings. The van der Waals surface area contributed by atoms with Crippen molar-refractivity contribution in [2.45, 2.75) is 77.2 Å².